The Balaban J connectivity index is 0.000000266. The van der Waals surface area contributed by atoms with Gasteiger partial charge in [0.2, 0.25) is 5.91 Å². The third-order valence-corrected chi connectivity index (χ3v) is 6.25. The van der Waals surface area contributed by atoms with Gasteiger partial charge in [0.25, 0.3) is 0 Å². The molecule has 1 aliphatic heterocycles. The Morgan fingerprint density at radius 3 is 2.32 bits per heavy atom. The van der Waals surface area contributed by atoms with Gasteiger partial charge >= 0.3 is 0 Å². The molecule has 1 amide bonds. The summed E-state index contributed by atoms with van der Waals surface area (Å²) in [5.74, 6) is 1.53. The molecule has 2 aromatic carbocycles. The third-order valence-electron chi connectivity index (χ3n) is 5.94. The summed E-state index contributed by atoms with van der Waals surface area (Å²) in [5.41, 5.74) is 2.62. The van der Waals surface area contributed by atoms with Crippen LogP contribution in [-0.4, -0.2) is 23.9 Å². The van der Waals surface area contributed by atoms with Crippen LogP contribution in [0.25, 0.3) is 0 Å². The van der Waals surface area contributed by atoms with E-state index in [1.165, 1.54) is 12.5 Å². The standard InChI is InChI=1S/C13H25NO.C8H6ClN.C8H9F/c1-6-10(2)11-7-12(15)14(8-11)9-13(3,4)5;1-6-2-3-7(5-10)8(9)4-6;1-2-7-5-3-4-6-8(7)9/h10-11H,6-9H2,1-5H3;2-4H,1H3;3-6H,2H2,1H3. The van der Waals surface area contributed by atoms with E-state index >= 15 is 0 Å². The monoisotopic (exact) mass is 486 g/mol. The Morgan fingerprint density at radius 1 is 1.21 bits per heavy atom. The van der Waals surface area contributed by atoms with Gasteiger partial charge in [-0.3, -0.25) is 4.79 Å². The van der Waals surface area contributed by atoms with Gasteiger partial charge < -0.3 is 4.90 Å². The molecule has 0 N–H and O–H groups in total. The van der Waals surface area contributed by atoms with Crippen LogP contribution in [0.4, 0.5) is 4.39 Å². The molecule has 0 radical (unpaired) electrons. The minimum absolute atomic E-state index is 0.0972. The molecule has 0 spiro atoms. The lowest BCUT2D eigenvalue weighted by Gasteiger charge is -2.27. The second kappa shape index (κ2) is 14.1. The summed E-state index contributed by atoms with van der Waals surface area (Å²) in [7, 11) is 0. The van der Waals surface area contributed by atoms with Crippen LogP contribution >= 0.6 is 11.6 Å². The summed E-state index contributed by atoms with van der Waals surface area (Å²) >= 11 is 5.71. The quantitative estimate of drug-likeness (QED) is 0.441. The molecule has 2 aromatic rings. The largest absolute Gasteiger partial charge is 0.342 e. The zero-order chi connectivity index (χ0) is 25.9. The van der Waals surface area contributed by atoms with Gasteiger partial charge in [0.05, 0.1) is 10.6 Å². The molecule has 1 saturated heterocycles. The molecule has 186 valence electrons. The molecule has 1 heterocycles. The summed E-state index contributed by atoms with van der Waals surface area (Å²) in [6, 6.07) is 14.2. The van der Waals surface area contributed by atoms with Crippen molar-refractivity contribution < 1.29 is 9.18 Å². The maximum Gasteiger partial charge on any atom is 0.222 e. The van der Waals surface area contributed by atoms with E-state index in [2.05, 4.69) is 39.5 Å². The first-order valence-corrected chi connectivity index (χ1v) is 12.5. The number of hydrogen-bond donors (Lipinski definition) is 0. The summed E-state index contributed by atoms with van der Waals surface area (Å²) in [4.78, 5) is 13.9. The summed E-state index contributed by atoms with van der Waals surface area (Å²) < 4.78 is 12.6. The molecule has 5 heteroatoms. The normalized spacial score (nSPS) is 16.1. The van der Waals surface area contributed by atoms with E-state index in [1.54, 1.807) is 24.3 Å². The molecule has 1 fully saturated rings. The first-order valence-electron chi connectivity index (χ1n) is 12.1. The van der Waals surface area contributed by atoms with Crippen molar-refractivity contribution in [1.29, 1.82) is 5.26 Å². The summed E-state index contributed by atoms with van der Waals surface area (Å²) in [5, 5.41) is 9.00. The zero-order valence-electron chi connectivity index (χ0n) is 21.8. The van der Waals surface area contributed by atoms with Crippen molar-refractivity contribution in [1.82, 2.24) is 4.90 Å². The summed E-state index contributed by atoms with van der Waals surface area (Å²) in [6.45, 7) is 16.8. The highest BCUT2D eigenvalue weighted by Crippen LogP contribution is 2.29. The smallest absolute Gasteiger partial charge is 0.222 e. The average molecular weight is 487 g/mol. The second-order valence-corrected chi connectivity index (χ2v) is 10.6. The average Bonchev–Trinajstić information content (AvgIpc) is 3.13. The Morgan fingerprint density at radius 2 is 1.85 bits per heavy atom. The van der Waals surface area contributed by atoms with Crippen LogP contribution < -0.4 is 0 Å². The number of aryl methyl sites for hydroxylation is 2. The predicted octanol–water partition coefficient (Wildman–Crippen LogP) is 7.84. The second-order valence-electron chi connectivity index (χ2n) is 10.2. The Labute approximate surface area is 210 Å². The fourth-order valence-corrected chi connectivity index (χ4v) is 4.02. The van der Waals surface area contributed by atoms with Crippen LogP contribution in [0.5, 0.6) is 0 Å². The molecule has 0 aromatic heterocycles. The maximum absolute atomic E-state index is 12.6. The first kappa shape index (κ1) is 29.7. The number of rotatable bonds is 4. The molecule has 2 unspecified atom stereocenters. The van der Waals surface area contributed by atoms with Crippen LogP contribution in [0, 0.1) is 41.3 Å². The van der Waals surface area contributed by atoms with Crippen molar-refractivity contribution >= 4 is 17.5 Å². The fourth-order valence-electron chi connectivity index (χ4n) is 3.74. The molecule has 34 heavy (non-hydrogen) atoms. The van der Waals surface area contributed by atoms with E-state index in [1.807, 2.05) is 32.0 Å². The molecule has 0 bridgehead atoms. The van der Waals surface area contributed by atoms with E-state index < -0.39 is 0 Å². The number of halogens is 2. The number of nitrogens with zero attached hydrogens (tertiary/aromatic N) is 2. The van der Waals surface area contributed by atoms with Crippen molar-refractivity contribution in [3.8, 4) is 6.07 Å². The minimum atomic E-state index is -0.0972. The highest BCUT2D eigenvalue weighted by atomic mass is 35.5. The van der Waals surface area contributed by atoms with Crippen molar-refractivity contribution in [3.05, 3.63) is 70.0 Å². The molecule has 2 atom stereocenters. The van der Waals surface area contributed by atoms with Gasteiger partial charge in [0.15, 0.2) is 0 Å². The molecule has 0 saturated carbocycles. The van der Waals surface area contributed by atoms with Crippen LogP contribution in [0.2, 0.25) is 5.02 Å². The van der Waals surface area contributed by atoms with E-state index in [4.69, 9.17) is 16.9 Å². The maximum atomic E-state index is 12.6. The van der Waals surface area contributed by atoms with Crippen molar-refractivity contribution in [2.24, 2.45) is 17.3 Å². The Bertz CT molecular complexity index is 961. The number of carbonyl (C=O) groups is 1. The van der Waals surface area contributed by atoms with E-state index in [9.17, 15) is 9.18 Å². The van der Waals surface area contributed by atoms with Crippen LogP contribution in [0.15, 0.2) is 42.5 Å². The molecular formula is C29H40ClFN2O. The van der Waals surface area contributed by atoms with Gasteiger partial charge in [-0.15, -0.1) is 0 Å². The van der Waals surface area contributed by atoms with E-state index in [-0.39, 0.29) is 11.2 Å². The Kier molecular flexibility index (Phi) is 12.3. The van der Waals surface area contributed by atoms with Crippen molar-refractivity contribution in [2.45, 2.75) is 67.7 Å². The summed E-state index contributed by atoms with van der Waals surface area (Å²) in [6.07, 6.45) is 2.72. The number of amides is 1. The van der Waals surface area contributed by atoms with Gasteiger partial charge in [0, 0.05) is 19.5 Å². The van der Waals surface area contributed by atoms with Crippen LogP contribution in [-0.2, 0) is 11.2 Å². The number of hydrogen-bond acceptors (Lipinski definition) is 2. The van der Waals surface area contributed by atoms with Crippen LogP contribution in [0.3, 0.4) is 0 Å². The minimum Gasteiger partial charge on any atom is -0.342 e. The van der Waals surface area contributed by atoms with Gasteiger partial charge in [-0.25, -0.2) is 4.39 Å². The molecular weight excluding hydrogens is 447 g/mol. The highest BCUT2D eigenvalue weighted by Gasteiger charge is 2.33. The lowest BCUT2D eigenvalue weighted by molar-refractivity contribution is -0.128. The van der Waals surface area contributed by atoms with Crippen molar-refractivity contribution in [2.75, 3.05) is 13.1 Å². The first-order chi connectivity index (χ1) is 15.9. The molecule has 1 aliphatic rings. The van der Waals surface area contributed by atoms with Crippen LogP contribution in [0.1, 0.15) is 71.1 Å². The Hall–Kier alpha value is -2.38. The predicted molar refractivity (Wildman–Crippen MR) is 140 cm³/mol. The van der Waals surface area contributed by atoms with Gasteiger partial charge in [0.1, 0.15) is 11.9 Å². The van der Waals surface area contributed by atoms with E-state index in [0.717, 1.165) is 37.1 Å². The molecule has 0 aliphatic carbocycles. The molecule has 3 rings (SSSR count). The number of likely N-dealkylation sites (tertiary alicyclic amines) is 1. The topological polar surface area (TPSA) is 44.1 Å². The molecule has 3 nitrogen and oxygen atoms in total. The SMILES string of the molecule is CCC(C)C1CC(=O)N(CC(C)(C)C)C1.CCc1ccccc1F.Cc1ccc(C#N)c(Cl)c1. The number of nitriles is 1. The highest BCUT2D eigenvalue weighted by molar-refractivity contribution is 6.31. The zero-order valence-corrected chi connectivity index (χ0v) is 22.5. The number of benzene rings is 2. The van der Waals surface area contributed by atoms with E-state index in [0.29, 0.717) is 28.3 Å². The fraction of sp³-hybridized carbons (Fsp3) is 0.517. The van der Waals surface area contributed by atoms with Crippen molar-refractivity contribution in [3.63, 3.8) is 0 Å². The lowest BCUT2D eigenvalue weighted by atomic mass is 9.91. The van der Waals surface area contributed by atoms with Gasteiger partial charge in [-0.2, -0.15) is 5.26 Å². The van der Waals surface area contributed by atoms with Gasteiger partial charge in [-0.1, -0.05) is 83.8 Å². The third kappa shape index (κ3) is 10.3. The number of carbonyl (C=O) groups excluding carboxylic acids is 1. The van der Waals surface area contributed by atoms with Gasteiger partial charge in [-0.05, 0) is 59.9 Å². The lowest BCUT2D eigenvalue weighted by Crippen LogP contribution is -2.34.